The minimum absolute atomic E-state index is 0.0218. The molecule has 0 radical (unpaired) electrons. The summed E-state index contributed by atoms with van der Waals surface area (Å²) in [6.07, 6.45) is 2.05. The van der Waals surface area contributed by atoms with E-state index >= 15 is 0 Å². The molecule has 0 atom stereocenters. The number of benzene rings is 1. The third kappa shape index (κ3) is 4.69. The normalized spacial score (nSPS) is 18.7. The highest BCUT2D eigenvalue weighted by atomic mass is 32.2. The van der Waals surface area contributed by atoms with Crippen molar-refractivity contribution in [1.29, 1.82) is 0 Å². The molecule has 1 aromatic rings. The first-order valence-electron chi connectivity index (χ1n) is 9.92. The molecule has 2 N–H and O–H groups in total. The van der Waals surface area contributed by atoms with Crippen LogP contribution >= 0.6 is 11.8 Å². The maximum Gasteiger partial charge on any atom is 0.324 e. The zero-order valence-corrected chi connectivity index (χ0v) is 17.7. The van der Waals surface area contributed by atoms with Crippen LogP contribution in [0.4, 0.5) is 9.59 Å². The summed E-state index contributed by atoms with van der Waals surface area (Å²) in [5.41, 5.74) is 0.707. The number of rotatable bonds is 8. The maximum absolute atomic E-state index is 12.6. The van der Waals surface area contributed by atoms with Crippen molar-refractivity contribution in [1.82, 2.24) is 20.4 Å². The van der Waals surface area contributed by atoms with Crippen molar-refractivity contribution < 1.29 is 33.4 Å². The molecule has 0 bridgehead atoms. The largest absolute Gasteiger partial charge is 0.454 e. The van der Waals surface area contributed by atoms with Crippen molar-refractivity contribution in [2.75, 3.05) is 33.0 Å². The van der Waals surface area contributed by atoms with Gasteiger partial charge in [0.05, 0.1) is 11.4 Å². The van der Waals surface area contributed by atoms with Crippen LogP contribution in [-0.4, -0.2) is 71.8 Å². The Morgan fingerprint density at radius 1 is 1.12 bits per heavy atom. The SMILES string of the molecule is O=C(CCCN1C(=O)CNC1=O)NCCN1C(=O)S/C(=C/c2ccc3c(c2)OCO3)C1=O. The van der Waals surface area contributed by atoms with E-state index in [4.69, 9.17) is 9.47 Å². The fourth-order valence-electron chi connectivity index (χ4n) is 3.32. The van der Waals surface area contributed by atoms with Crippen LogP contribution in [0.15, 0.2) is 23.1 Å². The van der Waals surface area contributed by atoms with E-state index in [2.05, 4.69) is 10.6 Å². The number of fused-ring (bicyclic) bond motifs is 1. The van der Waals surface area contributed by atoms with E-state index in [0.29, 0.717) is 23.5 Å². The molecule has 0 aromatic heterocycles. The van der Waals surface area contributed by atoms with Crippen LogP contribution < -0.4 is 20.1 Å². The predicted octanol–water partition coefficient (Wildman–Crippen LogP) is 0.900. The molecular formula is C20H20N4O7S. The summed E-state index contributed by atoms with van der Waals surface area (Å²) in [6.45, 7) is 0.434. The molecular weight excluding hydrogens is 440 g/mol. The third-order valence-electron chi connectivity index (χ3n) is 4.95. The van der Waals surface area contributed by atoms with Crippen molar-refractivity contribution in [3.05, 3.63) is 28.7 Å². The van der Waals surface area contributed by atoms with Gasteiger partial charge in [0.15, 0.2) is 11.5 Å². The number of hydrogen-bond acceptors (Lipinski definition) is 8. The fourth-order valence-corrected chi connectivity index (χ4v) is 4.19. The lowest BCUT2D eigenvalue weighted by molar-refractivity contribution is -0.126. The van der Waals surface area contributed by atoms with E-state index in [1.165, 1.54) is 0 Å². The number of thioether (sulfide) groups is 1. The molecule has 0 aliphatic carbocycles. The number of carbonyl (C=O) groups is 5. The highest BCUT2D eigenvalue weighted by Crippen LogP contribution is 2.36. The van der Waals surface area contributed by atoms with Gasteiger partial charge in [0, 0.05) is 26.1 Å². The predicted molar refractivity (Wildman–Crippen MR) is 113 cm³/mol. The molecule has 3 heterocycles. The van der Waals surface area contributed by atoms with Crippen molar-refractivity contribution in [2.45, 2.75) is 12.8 Å². The standard InChI is InChI=1S/C20H20N4O7S/c25-16(2-1-6-23-17(26)10-22-19(23)28)21-5-7-24-18(27)15(32-20(24)29)9-12-3-4-13-14(8-12)31-11-30-13/h3-4,8-9H,1-2,5-7,10-11H2,(H,21,25)(H,22,28)/b15-9+. The zero-order chi connectivity index (χ0) is 22.7. The van der Waals surface area contributed by atoms with Crippen molar-refractivity contribution in [2.24, 2.45) is 0 Å². The van der Waals surface area contributed by atoms with Gasteiger partial charge in [0.2, 0.25) is 18.6 Å². The van der Waals surface area contributed by atoms with E-state index < -0.39 is 17.2 Å². The summed E-state index contributed by atoms with van der Waals surface area (Å²) in [7, 11) is 0. The van der Waals surface area contributed by atoms with Gasteiger partial charge in [0.1, 0.15) is 0 Å². The monoisotopic (exact) mass is 460 g/mol. The van der Waals surface area contributed by atoms with Crippen LogP contribution in [0, 0.1) is 0 Å². The first-order chi connectivity index (χ1) is 15.4. The van der Waals surface area contributed by atoms with Gasteiger partial charge in [-0.3, -0.25) is 29.0 Å². The van der Waals surface area contributed by atoms with Gasteiger partial charge in [-0.25, -0.2) is 4.79 Å². The number of imide groups is 2. The highest BCUT2D eigenvalue weighted by molar-refractivity contribution is 8.18. The van der Waals surface area contributed by atoms with Crippen LogP contribution in [0.5, 0.6) is 11.5 Å². The number of ether oxygens (including phenoxy) is 2. The van der Waals surface area contributed by atoms with Crippen molar-refractivity contribution in [3.8, 4) is 11.5 Å². The molecule has 0 unspecified atom stereocenters. The van der Waals surface area contributed by atoms with Crippen LogP contribution in [-0.2, 0) is 14.4 Å². The van der Waals surface area contributed by atoms with Crippen molar-refractivity contribution >= 4 is 46.8 Å². The Kier molecular flexibility index (Phi) is 6.30. The van der Waals surface area contributed by atoms with E-state index in [1.807, 2.05) is 0 Å². The van der Waals surface area contributed by atoms with E-state index in [9.17, 15) is 24.0 Å². The number of urea groups is 1. The first-order valence-corrected chi connectivity index (χ1v) is 10.7. The third-order valence-corrected chi connectivity index (χ3v) is 5.86. The van der Waals surface area contributed by atoms with Gasteiger partial charge in [-0.1, -0.05) is 6.07 Å². The second-order valence-electron chi connectivity index (χ2n) is 7.10. The minimum Gasteiger partial charge on any atom is -0.454 e. The molecule has 4 rings (SSSR count). The van der Waals surface area contributed by atoms with Crippen LogP contribution in [0.25, 0.3) is 6.08 Å². The average Bonchev–Trinajstić information content (AvgIpc) is 3.43. The second kappa shape index (κ2) is 9.30. The average molecular weight is 460 g/mol. The number of nitrogens with zero attached hydrogens (tertiary/aromatic N) is 2. The molecule has 168 valence electrons. The molecule has 0 saturated carbocycles. The molecule has 2 saturated heterocycles. The fraction of sp³-hybridized carbons (Fsp3) is 0.350. The summed E-state index contributed by atoms with van der Waals surface area (Å²) >= 11 is 0.836. The highest BCUT2D eigenvalue weighted by Gasteiger charge is 2.34. The first kappa shape index (κ1) is 21.7. The van der Waals surface area contributed by atoms with Gasteiger partial charge in [-0.05, 0) is 42.0 Å². The lowest BCUT2D eigenvalue weighted by atomic mass is 10.2. The summed E-state index contributed by atoms with van der Waals surface area (Å²) in [6, 6.07) is 4.78. The van der Waals surface area contributed by atoms with Gasteiger partial charge in [-0.15, -0.1) is 0 Å². The van der Waals surface area contributed by atoms with Gasteiger partial charge < -0.3 is 20.1 Å². The smallest absolute Gasteiger partial charge is 0.324 e. The minimum atomic E-state index is -0.455. The van der Waals surface area contributed by atoms with Crippen LogP contribution in [0.1, 0.15) is 18.4 Å². The lowest BCUT2D eigenvalue weighted by Gasteiger charge is -2.14. The number of carbonyl (C=O) groups excluding carboxylic acids is 5. The Morgan fingerprint density at radius 3 is 2.72 bits per heavy atom. The Hall–Kier alpha value is -3.54. The molecule has 3 aliphatic heterocycles. The van der Waals surface area contributed by atoms with Gasteiger partial charge in [0.25, 0.3) is 11.1 Å². The van der Waals surface area contributed by atoms with Crippen molar-refractivity contribution in [3.63, 3.8) is 0 Å². The lowest BCUT2D eigenvalue weighted by Crippen LogP contribution is -2.37. The van der Waals surface area contributed by atoms with E-state index in [1.54, 1.807) is 24.3 Å². The molecule has 2 fully saturated rings. The zero-order valence-electron chi connectivity index (χ0n) is 16.9. The quantitative estimate of drug-likeness (QED) is 0.432. The summed E-state index contributed by atoms with van der Waals surface area (Å²) < 4.78 is 10.6. The molecule has 32 heavy (non-hydrogen) atoms. The Labute approximate surface area is 187 Å². The molecule has 11 nitrogen and oxygen atoms in total. The topological polar surface area (TPSA) is 134 Å². The molecule has 0 spiro atoms. The summed E-state index contributed by atoms with van der Waals surface area (Å²) in [4.78, 5) is 62.1. The summed E-state index contributed by atoms with van der Waals surface area (Å²) in [5, 5.41) is 4.65. The van der Waals surface area contributed by atoms with Crippen LogP contribution in [0.2, 0.25) is 0 Å². The molecule has 12 heteroatoms. The summed E-state index contributed by atoms with van der Waals surface area (Å²) in [5.74, 6) is 0.172. The van der Waals surface area contributed by atoms with Gasteiger partial charge >= 0.3 is 6.03 Å². The molecule has 6 amide bonds. The van der Waals surface area contributed by atoms with Crippen LogP contribution in [0.3, 0.4) is 0 Å². The van der Waals surface area contributed by atoms with Gasteiger partial charge in [-0.2, -0.15) is 0 Å². The molecule has 1 aromatic carbocycles. The number of nitrogens with one attached hydrogen (secondary N) is 2. The van der Waals surface area contributed by atoms with E-state index in [0.717, 1.165) is 21.6 Å². The Balaban J connectivity index is 1.23. The molecule has 3 aliphatic rings. The maximum atomic E-state index is 12.6. The second-order valence-corrected chi connectivity index (χ2v) is 8.10. The Bertz CT molecular complexity index is 1010. The van der Waals surface area contributed by atoms with E-state index in [-0.39, 0.29) is 56.1 Å². The number of amides is 6. The Morgan fingerprint density at radius 2 is 1.94 bits per heavy atom. The number of hydrogen-bond donors (Lipinski definition) is 2.